The summed E-state index contributed by atoms with van der Waals surface area (Å²) in [5.41, 5.74) is 1.85. The Bertz CT molecular complexity index is 1040. The number of hydrogen-bond acceptors (Lipinski definition) is 6. The summed E-state index contributed by atoms with van der Waals surface area (Å²) in [6.07, 6.45) is -2.53. The van der Waals surface area contributed by atoms with E-state index < -0.39 is 38.6 Å². The van der Waals surface area contributed by atoms with Gasteiger partial charge in [0.1, 0.15) is 0 Å². The van der Waals surface area contributed by atoms with Crippen molar-refractivity contribution in [1.82, 2.24) is 15.4 Å². The van der Waals surface area contributed by atoms with E-state index in [-0.39, 0.29) is 23.4 Å². The van der Waals surface area contributed by atoms with E-state index in [0.29, 0.717) is 0 Å². The van der Waals surface area contributed by atoms with Gasteiger partial charge in [-0.05, 0) is 23.8 Å². The molecule has 1 unspecified atom stereocenters. The van der Waals surface area contributed by atoms with Crippen LogP contribution in [-0.2, 0) is 20.8 Å². The molecule has 27 heavy (non-hydrogen) atoms. The molecule has 0 aliphatic carbocycles. The first-order valence-corrected chi connectivity index (χ1v) is 9.52. The van der Waals surface area contributed by atoms with Gasteiger partial charge in [-0.15, -0.1) is 0 Å². The second-order valence-corrected chi connectivity index (χ2v) is 7.81. The molecule has 1 aromatic carbocycles. The topological polar surface area (TPSA) is 101 Å². The number of hydrazone groups is 1. The van der Waals surface area contributed by atoms with Gasteiger partial charge in [0.05, 0.1) is 22.9 Å². The van der Waals surface area contributed by atoms with Crippen molar-refractivity contribution in [2.75, 3.05) is 6.26 Å². The molecule has 0 radical (unpaired) electrons. The van der Waals surface area contributed by atoms with E-state index in [0.717, 1.165) is 18.4 Å². The van der Waals surface area contributed by atoms with Gasteiger partial charge in [0.25, 0.3) is 0 Å². The minimum atomic E-state index is -4.54. The quantitative estimate of drug-likeness (QED) is 0.796. The van der Waals surface area contributed by atoms with Gasteiger partial charge in [0.2, 0.25) is 20.9 Å². The molecule has 2 aromatic rings. The van der Waals surface area contributed by atoms with Gasteiger partial charge in [-0.1, -0.05) is 12.1 Å². The van der Waals surface area contributed by atoms with Crippen LogP contribution in [-0.4, -0.2) is 36.3 Å². The van der Waals surface area contributed by atoms with Gasteiger partial charge >= 0.3 is 6.18 Å². The number of benzene rings is 1. The Hall–Kier alpha value is -2.82. The number of amides is 1. The summed E-state index contributed by atoms with van der Waals surface area (Å²) < 4.78 is 62.4. The van der Waals surface area contributed by atoms with E-state index >= 15 is 0 Å². The molecule has 142 valence electrons. The highest BCUT2D eigenvalue weighted by molar-refractivity contribution is 7.90. The maximum atomic E-state index is 13.0. The van der Waals surface area contributed by atoms with Crippen LogP contribution in [0.2, 0.25) is 0 Å². The molecule has 0 saturated carbocycles. The van der Waals surface area contributed by atoms with Crippen LogP contribution in [0.5, 0.6) is 0 Å². The number of rotatable bonds is 3. The fraction of sp³-hybridized carbons (Fsp3) is 0.250. The Morgan fingerprint density at radius 2 is 1.96 bits per heavy atom. The van der Waals surface area contributed by atoms with Crippen molar-refractivity contribution in [1.29, 1.82) is 0 Å². The van der Waals surface area contributed by atoms with Crippen molar-refractivity contribution in [3.8, 4) is 0 Å². The molecule has 2 heterocycles. The highest BCUT2D eigenvalue weighted by Gasteiger charge is 2.33. The molecule has 0 saturated heterocycles. The van der Waals surface area contributed by atoms with Gasteiger partial charge in [0, 0.05) is 18.9 Å². The largest absolute Gasteiger partial charge is 0.416 e. The second kappa shape index (κ2) is 6.72. The summed E-state index contributed by atoms with van der Waals surface area (Å²) in [7, 11) is -3.70. The van der Waals surface area contributed by atoms with Crippen molar-refractivity contribution >= 4 is 21.5 Å². The Kier molecular flexibility index (Phi) is 4.72. The van der Waals surface area contributed by atoms with Crippen LogP contribution in [0.4, 0.5) is 13.2 Å². The van der Waals surface area contributed by atoms with Crippen molar-refractivity contribution in [3.63, 3.8) is 0 Å². The molecule has 0 bridgehead atoms. The zero-order valence-electron chi connectivity index (χ0n) is 13.9. The first-order chi connectivity index (χ1) is 12.6. The average Bonchev–Trinajstić information content (AvgIpc) is 2.60. The molecule has 1 aromatic heterocycles. The smallest absolute Gasteiger partial charge is 0.273 e. The zero-order chi connectivity index (χ0) is 19.8. The molecular formula is C16H13F3N4O3S. The highest BCUT2D eigenvalue weighted by Crippen LogP contribution is 2.32. The number of carbonyl (C=O) groups excluding carboxylic acids is 1. The SMILES string of the molecule is CS(=O)(=O)c1nccc(C2CC(=O)NN=C2c2cccc(C(F)(F)F)c2)n1. The summed E-state index contributed by atoms with van der Waals surface area (Å²) >= 11 is 0. The van der Waals surface area contributed by atoms with Crippen LogP contribution >= 0.6 is 0 Å². The lowest BCUT2D eigenvalue weighted by atomic mass is 9.89. The molecule has 1 amide bonds. The van der Waals surface area contributed by atoms with Gasteiger partial charge in [-0.2, -0.15) is 18.3 Å². The standard InChI is InChI=1S/C16H13F3N4O3S/c1-27(25,26)15-20-6-5-12(21-15)11-8-13(24)22-23-14(11)9-3-2-4-10(7-9)16(17,18)19/h2-7,11H,8H2,1H3,(H,22,24). The second-order valence-electron chi connectivity index (χ2n) is 5.90. The number of halogens is 3. The summed E-state index contributed by atoms with van der Waals surface area (Å²) in [4.78, 5) is 19.4. The summed E-state index contributed by atoms with van der Waals surface area (Å²) in [6.45, 7) is 0. The molecule has 0 spiro atoms. The fourth-order valence-electron chi connectivity index (χ4n) is 2.62. The van der Waals surface area contributed by atoms with Crippen molar-refractivity contribution < 1.29 is 26.4 Å². The van der Waals surface area contributed by atoms with Crippen molar-refractivity contribution in [2.45, 2.75) is 23.7 Å². The van der Waals surface area contributed by atoms with E-state index in [4.69, 9.17) is 0 Å². The molecule has 1 aliphatic heterocycles. The van der Waals surface area contributed by atoms with Crippen LogP contribution in [0, 0.1) is 0 Å². The van der Waals surface area contributed by atoms with Gasteiger partial charge < -0.3 is 0 Å². The Morgan fingerprint density at radius 3 is 2.63 bits per heavy atom. The molecule has 1 N–H and O–H groups in total. The summed E-state index contributed by atoms with van der Waals surface area (Å²) in [6, 6.07) is 5.91. The number of aromatic nitrogens is 2. The van der Waals surface area contributed by atoms with Crippen LogP contribution in [0.1, 0.15) is 29.2 Å². The highest BCUT2D eigenvalue weighted by atomic mass is 32.2. The third kappa shape index (κ3) is 4.13. The maximum absolute atomic E-state index is 13.0. The molecule has 1 aliphatic rings. The Labute approximate surface area is 152 Å². The van der Waals surface area contributed by atoms with Crippen molar-refractivity contribution in [3.05, 3.63) is 53.3 Å². The molecule has 11 heteroatoms. The van der Waals surface area contributed by atoms with Crippen LogP contribution in [0.3, 0.4) is 0 Å². The molecule has 1 atom stereocenters. The van der Waals surface area contributed by atoms with Gasteiger partial charge in [-0.25, -0.2) is 23.8 Å². The first kappa shape index (κ1) is 19.0. The van der Waals surface area contributed by atoms with Gasteiger partial charge in [0.15, 0.2) is 0 Å². The number of hydrogen-bond donors (Lipinski definition) is 1. The molecule has 0 fully saturated rings. The number of alkyl halides is 3. The molecule has 7 nitrogen and oxygen atoms in total. The molecule has 3 rings (SSSR count). The normalized spacial score (nSPS) is 18.0. The number of nitrogens with zero attached hydrogens (tertiary/aromatic N) is 3. The lowest BCUT2D eigenvalue weighted by Crippen LogP contribution is -2.33. The summed E-state index contributed by atoms with van der Waals surface area (Å²) in [5.74, 6) is -1.28. The van der Waals surface area contributed by atoms with Crippen molar-refractivity contribution in [2.24, 2.45) is 5.10 Å². The zero-order valence-corrected chi connectivity index (χ0v) is 14.7. The minimum Gasteiger partial charge on any atom is -0.273 e. The van der Waals surface area contributed by atoms with E-state index in [9.17, 15) is 26.4 Å². The number of sulfone groups is 1. The minimum absolute atomic E-state index is 0.144. The van der Waals surface area contributed by atoms with Gasteiger partial charge in [-0.3, -0.25) is 4.79 Å². The van der Waals surface area contributed by atoms with E-state index in [1.165, 1.54) is 24.4 Å². The average molecular weight is 398 g/mol. The number of carbonyl (C=O) groups is 1. The summed E-state index contributed by atoms with van der Waals surface area (Å²) in [5, 5.41) is 3.46. The Morgan fingerprint density at radius 1 is 1.22 bits per heavy atom. The van der Waals surface area contributed by atoms with E-state index in [1.54, 1.807) is 0 Å². The van der Waals surface area contributed by atoms with E-state index in [2.05, 4.69) is 20.5 Å². The maximum Gasteiger partial charge on any atom is 0.416 e. The lowest BCUT2D eigenvalue weighted by molar-refractivity contribution is -0.137. The third-order valence-electron chi connectivity index (χ3n) is 3.85. The number of nitrogens with one attached hydrogen (secondary N) is 1. The Balaban J connectivity index is 2.09. The predicted octanol–water partition coefficient (Wildman–Crippen LogP) is 1.91. The van der Waals surface area contributed by atoms with E-state index in [1.807, 2.05) is 0 Å². The predicted molar refractivity (Wildman–Crippen MR) is 88.6 cm³/mol. The van der Waals surface area contributed by atoms with Crippen LogP contribution < -0.4 is 5.43 Å². The fourth-order valence-corrected chi connectivity index (χ4v) is 3.14. The lowest BCUT2D eigenvalue weighted by Gasteiger charge is -2.23. The molecular weight excluding hydrogens is 385 g/mol. The monoisotopic (exact) mass is 398 g/mol. The third-order valence-corrected chi connectivity index (χ3v) is 4.71. The van der Waals surface area contributed by atoms with Crippen LogP contribution in [0.15, 0.2) is 46.8 Å². The first-order valence-electron chi connectivity index (χ1n) is 7.63. The van der Waals surface area contributed by atoms with Crippen LogP contribution in [0.25, 0.3) is 0 Å².